The lowest BCUT2D eigenvalue weighted by atomic mass is 9.79. The number of ether oxygens (including phenoxy) is 1. The molecular weight excluding hydrogens is 1070 g/mol. The minimum absolute atomic E-state index is 0.0339. The van der Waals surface area contributed by atoms with Crippen LogP contribution in [0.1, 0.15) is 86.0 Å². The number of fused-ring (bicyclic) bond motifs is 6. The Hall–Kier alpha value is -7.52. The molecule has 15 nitrogen and oxygen atoms in total. The first kappa shape index (κ1) is 54.4. The zero-order chi connectivity index (χ0) is 56.6. The molecule has 0 amide bonds. The van der Waals surface area contributed by atoms with Crippen molar-refractivity contribution in [3.8, 4) is 28.4 Å². The SMILES string of the molecule is COc1ncc(S(C)(=O)=O)c2c1c1ncc(-c3c(C)ncn3C)cc1n2C(c1ccccc1)C1CCC(F)(F)CC1.Cc1ncn(C)c1-c1cnc2c3cncc(S(C)(=O)=O)c3n(C(c3ccccc3)C3CCC(F)(F)CC3)c2c1. The number of halogens is 4. The maximum atomic E-state index is 14.4. The molecule has 2 aliphatic carbocycles. The molecular formula is C59H60F4N10O5S2. The summed E-state index contributed by atoms with van der Waals surface area (Å²) in [7, 11) is -2.14. The molecule has 8 aromatic heterocycles. The largest absolute Gasteiger partial charge is 0.480 e. The van der Waals surface area contributed by atoms with E-state index in [-0.39, 0.29) is 72.1 Å². The van der Waals surface area contributed by atoms with Crippen LogP contribution in [0.2, 0.25) is 0 Å². The van der Waals surface area contributed by atoms with Gasteiger partial charge in [0.05, 0.1) is 93.8 Å². The van der Waals surface area contributed by atoms with E-state index in [1.54, 1.807) is 31.2 Å². The Morgan fingerprint density at radius 1 is 0.575 bits per heavy atom. The van der Waals surface area contributed by atoms with Crippen LogP contribution in [0.5, 0.6) is 5.88 Å². The summed E-state index contributed by atoms with van der Waals surface area (Å²) in [6.45, 7) is 3.84. The van der Waals surface area contributed by atoms with Gasteiger partial charge in [-0.25, -0.2) is 49.3 Å². The Morgan fingerprint density at radius 2 is 1.01 bits per heavy atom. The molecule has 21 heteroatoms. The van der Waals surface area contributed by atoms with Crippen LogP contribution in [0.4, 0.5) is 17.6 Å². The number of alkyl halides is 4. The highest BCUT2D eigenvalue weighted by Gasteiger charge is 2.42. The minimum atomic E-state index is -3.76. The number of hydrogen-bond acceptors (Lipinski definition) is 11. The zero-order valence-electron chi connectivity index (χ0n) is 45.3. The number of pyridine rings is 4. The summed E-state index contributed by atoms with van der Waals surface area (Å²) in [5, 5.41) is 1.09. The van der Waals surface area contributed by atoms with Crippen molar-refractivity contribution in [1.82, 2.24) is 48.2 Å². The monoisotopic (exact) mass is 1130 g/mol. The van der Waals surface area contributed by atoms with Crippen LogP contribution < -0.4 is 4.74 Å². The molecule has 10 aromatic rings. The van der Waals surface area contributed by atoms with Crippen LogP contribution >= 0.6 is 0 Å². The fourth-order valence-corrected chi connectivity index (χ4v) is 14.1. The Labute approximate surface area is 460 Å². The second-order valence-corrected chi connectivity index (χ2v) is 25.5. The third-order valence-corrected chi connectivity index (χ3v) is 18.3. The van der Waals surface area contributed by atoms with E-state index < -0.39 is 37.6 Å². The van der Waals surface area contributed by atoms with Crippen molar-refractivity contribution >= 4 is 63.5 Å². The van der Waals surface area contributed by atoms with Gasteiger partial charge < -0.3 is 23.0 Å². The molecule has 2 atom stereocenters. The first-order valence-electron chi connectivity index (χ1n) is 26.4. The lowest BCUT2D eigenvalue weighted by molar-refractivity contribution is -0.0498. The topological polar surface area (TPSA) is 175 Å². The summed E-state index contributed by atoms with van der Waals surface area (Å²) in [4.78, 5) is 27.3. The second kappa shape index (κ2) is 20.5. The first-order chi connectivity index (χ1) is 38.0. The number of methoxy groups -OCH3 is 1. The van der Waals surface area contributed by atoms with E-state index in [0.29, 0.717) is 51.2 Å². The van der Waals surface area contributed by atoms with Crippen LogP contribution in [-0.2, 0) is 33.8 Å². The van der Waals surface area contributed by atoms with Gasteiger partial charge in [0.1, 0.15) is 15.3 Å². The highest BCUT2D eigenvalue weighted by atomic mass is 32.2. The zero-order valence-corrected chi connectivity index (χ0v) is 46.9. The average molecular weight is 1130 g/mol. The van der Waals surface area contributed by atoms with Crippen LogP contribution in [0.3, 0.4) is 0 Å². The minimum Gasteiger partial charge on any atom is -0.480 e. The molecule has 2 fully saturated rings. The Bertz CT molecular complexity index is 4180. The van der Waals surface area contributed by atoms with Gasteiger partial charge in [-0.3, -0.25) is 15.0 Å². The summed E-state index contributed by atoms with van der Waals surface area (Å²) < 4.78 is 123. The fraction of sp³-hybridized carbons (Fsp3) is 0.356. The summed E-state index contributed by atoms with van der Waals surface area (Å²) in [5.41, 5.74) is 10.4. The molecule has 80 heavy (non-hydrogen) atoms. The molecule has 2 unspecified atom stereocenters. The molecule has 0 saturated heterocycles. The second-order valence-electron chi connectivity index (χ2n) is 21.5. The molecule has 8 heterocycles. The van der Waals surface area contributed by atoms with Gasteiger partial charge in [-0.15, -0.1) is 0 Å². The van der Waals surface area contributed by atoms with Gasteiger partial charge in [0.25, 0.3) is 0 Å². The van der Waals surface area contributed by atoms with Gasteiger partial charge in [-0.1, -0.05) is 60.7 Å². The first-order valence-corrected chi connectivity index (χ1v) is 30.2. The van der Waals surface area contributed by atoms with Crippen LogP contribution in [0, 0.1) is 25.7 Å². The molecule has 2 saturated carbocycles. The lowest BCUT2D eigenvalue weighted by Gasteiger charge is -2.36. The molecule has 12 rings (SSSR count). The van der Waals surface area contributed by atoms with Crippen molar-refractivity contribution in [3.05, 3.63) is 139 Å². The molecule has 0 bridgehead atoms. The van der Waals surface area contributed by atoms with Gasteiger partial charge in [0.15, 0.2) is 19.7 Å². The van der Waals surface area contributed by atoms with E-state index in [1.807, 2.05) is 119 Å². The summed E-state index contributed by atoms with van der Waals surface area (Å²) in [6.07, 6.45) is 14.0. The molecule has 416 valence electrons. The number of benzene rings is 2. The normalized spacial score (nSPS) is 17.0. The van der Waals surface area contributed by atoms with Crippen molar-refractivity contribution in [2.24, 2.45) is 25.9 Å². The maximum Gasteiger partial charge on any atom is 0.248 e. The number of aryl methyl sites for hydroxylation is 4. The molecule has 0 N–H and O–H groups in total. The highest BCUT2D eigenvalue weighted by molar-refractivity contribution is 7.91. The number of imidazole rings is 2. The van der Waals surface area contributed by atoms with Crippen molar-refractivity contribution in [2.75, 3.05) is 19.6 Å². The van der Waals surface area contributed by atoms with E-state index >= 15 is 0 Å². The Balaban J connectivity index is 0.000000169. The van der Waals surface area contributed by atoms with Crippen molar-refractivity contribution in [1.29, 1.82) is 0 Å². The van der Waals surface area contributed by atoms with Gasteiger partial charge in [0, 0.05) is 93.6 Å². The maximum absolute atomic E-state index is 14.4. The van der Waals surface area contributed by atoms with Crippen LogP contribution in [0.15, 0.2) is 126 Å². The molecule has 0 spiro atoms. The third-order valence-electron chi connectivity index (χ3n) is 16.1. The number of hydrogen-bond donors (Lipinski definition) is 0. The fourth-order valence-electron chi connectivity index (χ4n) is 12.5. The molecule has 2 aliphatic rings. The summed E-state index contributed by atoms with van der Waals surface area (Å²) in [5.74, 6) is -5.46. The van der Waals surface area contributed by atoms with E-state index in [9.17, 15) is 34.4 Å². The Morgan fingerprint density at radius 3 is 1.45 bits per heavy atom. The van der Waals surface area contributed by atoms with Gasteiger partial charge >= 0.3 is 0 Å². The highest BCUT2D eigenvalue weighted by Crippen LogP contribution is 2.50. The van der Waals surface area contributed by atoms with Crippen molar-refractivity contribution in [3.63, 3.8) is 0 Å². The summed E-state index contributed by atoms with van der Waals surface area (Å²) in [6, 6.07) is 22.6. The molecule has 0 aliphatic heterocycles. The van der Waals surface area contributed by atoms with E-state index in [1.165, 1.54) is 25.8 Å². The number of nitrogens with zero attached hydrogens (tertiary/aromatic N) is 10. The number of rotatable bonds is 11. The van der Waals surface area contributed by atoms with E-state index in [0.717, 1.165) is 56.8 Å². The third kappa shape index (κ3) is 9.89. The van der Waals surface area contributed by atoms with Crippen LogP contribution in [-0.4, -0.2) is 96.5 Å². The lowest BCUT2D eigenvalue weighted by Crippen LogP contribution is -2.30. The van der Waals surface area contributed by atoms with Crippen molar-refractivity contribution in [2.45, 2.75) is 98.9 Å². The smallest absolute Gasteiger partial charge is 0.248 e. The molecule has 0 radical (unpaired) electrons. The number of aromatic nitrogens is 10. The molecule has 2 aromatic carbocycles. The Kier molecular flexibility index (Phi) is 14.0. The standard InChI is InChI=1S/C30H31F2N5O3S.C29H29F2N5O2S/c1-18-26(36(2)17-35-18)21-14-22-25(33-15-21)24-28(23(41(4,38)39)16-34-29(24)40-3)37(22)27(19-8-6-5-7-9-19)20-10-12-30(31,32)13-11-20;1-18-26(35(2)17-34-18)21-13-23-25(33-14-21)22-15-32-16-24(39(3,37)38)28(22)36(23)27(19-7-5-4-6-8-19)20-9-11-29(30,31)12-10-20/h5-9,14-17,20,27H,10-13H2,1-4H3;4-8,13-17,20,27H,9-12H2,1-3H3. The predicted molar refractivity (Wildman–Crippen MR) is 300 cm³/mol. The van der Waals surface area contributed by atoms with Gasteiger partial charge in [-0.05, 0) is 74.6 Å². The van der Waals surface area contributed by atoms with Crippen LogP contribution in [0.25, 0.3) is 66.4 Å². The van der Waals surface area contributed by atoms with Gasteiger partial charge in [0.2, 0.25) is 17.7 Å². The quantitative estimate of drug-likeness (QED) is 0.113. The average Bonchev–Trinajstić information content (AvgIpc) is 4.27. The van der Waals surface area contributed by atoms with Crippen molar-refractivity contribution < 1.29 is 39.1 Å². The number of sulfone groups is 2. The van der Waals surface area contributed by atoms with Gasteiger partial charge in [-0.2, -0.15) is 0 Å². The van der Waals surface area contributed by atoms with E-state index in [4.69, 9.17) is 14.7 Å². The summed E-state index contributed by atoms with van der Waals surface area (Å²) >= 11 is 0. The van der Waals surface area contributed by atoms with E-state index in [2.05, 4.69) is 19.9 Å². The predicted octanol–water partition coefficient (Wildman–Crippen LogP) is 12.2.